The van der Waals surface area contributed by atoms with E-state index in [-0.39, 0.29) is 24.4 Å². The molecule has 1 aliphatic rings. The van der Waals surface area contributed by atoms with Crippen LogP contribution in [0.5, 0.6) is 0 Å². The molecule has 0 aliphatic heterocycles. The number of carbonyl (C=O) groups excluding carboxylic acids is 1. The van der Waals surface area contributed by atoms with Gasteiger partial charge in [0.25, 0.3) is 0 Å². The highest BCUT2D eigenvalue weighted by atomic mass is 32.2. The molecule has 7 heteroatoms. The Balaban J connectivity index is 1.78. The summed E-state index contributed by atoms with van der Waals surface area (Å²) in [6.45, 7) is 0.176. The highest BCUT2D eigenvalue weighted by Crippen LogP contribution is 2.28. The second-order valence-corrected chi connectivity index (χ2v) is 5.79. The summed E-state index contributed by atoms with van der Waals surface area (Å²) >= 11 is 1.78. The molecule has 1 aliphatic carbocycles. The van der Waals surface area contributed by atoms with Crippen molar-refractivity contribution in [1.29, 1.82) is 0 Å². The molecular formula is C13H18N2O4S. The van der Waals surface area contributed by atoms with Crippen molar-refractivity contribution < 1.29 is 19.1 Å². The summed E-state index contributed by atoms with van der Waals surface area (Å²) in [6, 6.07) is 2.88. The summed E-state index contributed by atoms with van der Waals surface area (Å²) in [5, 5.41) is 14.8. The molecule has 0 saturated heterocycles. The molecule has 110 valence electrons. The van der Waals surface area contributed by atoms with E-state index in [1.807, 2.05) is 0 Å². The van der Waals surface area contributed by atoms with Crippen molar-refractivity contribution in [3.63, 3.8) is 0 Å². The molecule has 2 rings (SSSR count). The van der Waals surface area contributed by atoms with Crippen LogP contribution in [-0.2, 0) is 6.54 Å². The van der Waals surface area contributed by atoms with Crippen molar-refractivity contribution in [1.82, 2.24) is 10.6 Å². The van der Waals surface area contributed by atoms with Crippen molar-refractivity contribution in [3.05, 3.63) is 23.7 Å². The van der Waals surface area contributed by atoms with Crippen molar-refractivity contribution in [2.24, 2.45) is 0 Å². The average Bonchev–Trinajstić information content (AvgIpc) is 3.04. The van der Waals surface area contributed by atoms with Crippen LogP contribution in [0.4, 0.5) is 4.79 Å². The molecule has 0 bridgehead atoms. The van der Waals surface area contributed by atoms with Gasteiger partial charge in [-0.05, 0) is 31.2 Å². The number of carboxylic acids is 1. The third kappa shape index (κ3) is 3.69. The van der Waals surface area contributed by atoms with Crippen LogP contribution in [0.25, 0.3) is 0 Å². The molecule has 0 spiro atoms. The third-order valence-corrected chi connectivity index (χ3v) is 4.54. The van der Waals surface area contributed by atoms with Gasteiger partial charge >= 0.3 is 12.0 Å². The van der Waals surface area contributed by atoms with Crippen LogP contribution in [0.15, 0.2) is 16.5 Å². The molecule has 6 nitrogen and oxygen atoms in total. The minimum Gasteiger partial charge on any atom is -0.475 e. The van der Waals surface area contributed by atoms with Crippen LogP contribution in [-0.4, -0.2) is 34.7 Å². The Labute approximate surface area is 121 Å². The number of hydrogen-bond donors (Lipinski definition) is 3. The first-order chi connectivity index (χ1) is 9.60. The Bertz CT molecular complexity index is 488. The van der Waals surface area contributed by atoms with Crippen LogP contribution in [0, 0.1) is 0 Å². The second kappa shape index (κ2) is 6.69. The van der Waals surface area contributed by atoms with Crippen LogP contribution in [0.2, 0.25) is 0 Å². The SMILES string of the molecule is CSC1CCCC1NC(=O)NCc1ccc(C(=O)O)o1. The van der Waals surface area contributed by atoms with E-state index < -0.39 is 5.97 Å². The Hall–Kier alpha value is -1.63. The molecule has 0 aromatic carbocycles. The number of thioether (sulfide) groups is 1. The molecule has 2 unspecified atom stereocenters. The molecular weight excluding hydrogens is 280 g/mol. The van der Waals surface area contributed by atoms with Gasteiger partial charge in [0.2, 0.25) is 5.76 Å². The summed E-state index contributed by atoms with van der Waals surface area (Å²) in [6.07, 6.45) is 5.32. The lowest BCUT2D eigenvalue weighted by molar-refractivity contribution is 0.0660. The van der Waals surface area contributed by atoms with Gasteiger partial charge < -0.3 is 20.2 Å². The monoisotopic (exact) mass is 298 g/mol. The highest BCUT2D eigenvalue weighted by Gasteiger charge is 2.27. The maximum Gasteiger partial charge on any atom is 0.371 e. The molecule has 1 aromatic heterocycles. The predicted molar refractivity (Wildman–Crippen MR) is 76.0 cm³/mol. The number of amides is 2. The smallest absolute Gasteiger partial charge is 0.371 e. The van der Waals surface area contributed by atoms with Gasteiger partial charge in [0.05, 0.1) is 6.54 Å². The Morgan fingerprint density at radius 1 is 1.45 bits per heavy atom. The van der Waals surface area contributed by atoms with Gasteiger partial charge in [0, 0.05) is 11.3 Å². The number of carbonyl (C=O) groups is 2. The lowest BCUT2D eigenvalue weighted by Crippen LogP contribution is -2.44. The van der Waals surface area contributed by atoms with Crippen molar-refractivity contribution in [2.75, 3.05) is 6.26 Å². The Morgan fingerprint density at radius 3 is 2.90 bits per heavy atom. The maximum absolute atomic E-state index is 11.8. The summed E-state index contributed by atoms with van der Waals surface area (Å²) in [5.74, 6) is -0.819. The molecule has 2 atom stereocenters. The molecule has 2 amide bonds. The van der Waals surface area contributed by atoms with Crippen LogP contribution in [0.3, 0.4) is 0 Å². The van der Waals surface area contributed by atoms with E-state index in [2.05, 4.69) is 16.9 Å². The number of carboxylic acid groups (broad SMARTS) is 1. The second-order valence-electron chi connectivity index (χ2n) is 4.71. The molecule has 1 aromatic rings. The van der Waals surface area contributed by atoms with E-state index in [0.29, 0.717) is 11.0 Å². The van der Waals surface area contributed by atoms with E-state index in [0.717, 1.165) is 19.3 Å². The first-order valence-corrected chi connectivity index (χ1v) is 7.78. The van der Waals surface area contributed by atoms with Crippen molar-refractivity contribution in [2.45, 2.75) is 37.1 Å². The van der Waals surface area contributed by atoms with Gasteiger partial charge in [-0.1, -0.05) is 6.42 Å². The first kappa shape index (κ1) is 14.8. The summed E-state index contributed by atoms with van der Waals surface area (Å²) < 4.78 is 5.06. The summed E-state index contributed by atoms with van der Waals surface area (Å²) in [4.78, 5) is 22.4. The lowest BCUT2D eigenvalue weighted by Gasteiger charge is -2.19. The zero-order valence-electron chi connectivity index (χ0n) is 11.2. The summed E-state index contributed by atoms with van der Waals surface area (Å²) in [5.41, 5.74) is 0. The van der Waals surface area contributed by atoms with E-state index >= 15 is 0 Å². The quantitative estimate of drug-likeness (QED) is 0.774. The van der Waals surface area contributed by atoms with Crippen LogP contribution >= 0.6 is 11.8 Å². The molecule has 1 fully saturated rings. The van der Waals surface area contributed by atoms with E-state index in [1.54, 1.807) is 17.8 Å². The Kier molecular flexibility index (Phi) is 4.94. The van der Waals surface area contributed by atoms with Gasteiger partial charge in [0.1, 0.15) is 5.76 Å². The van der Waals surface area contributed by atoms with Gasteiger partial charge in [-0.3, -0.25) is 0 Å². The predicted octanol–water partition coefficient (Wildman–Crippen LogP) is 2.06. The van der Waals surface area contributed by atoms with Crippen molar-refractivity contribution >= 4 is 23.8 Å². The van der Waals surface area contributed by atoms with Gasteiger partial charge in [-0.15, -0.1) is 0 Å². The first-order valence-electron chi connectivity index (χ1n) is 6.49. The van der Waals surface area contributed by atoms with E-state index in [1.165, 1.54) is 6.07 Å². The molecule has 1 heterocycles. The average molecular weight is 298 g/mol. The number of urea groups is 1. The third-order valence-electron chi connectivity index (χ3n) is 3.37. The number of furan rings is 1. The number of rotatable bonds is 5. The largest absolute Gasteiger partial charge is 0.475 e. The normalized spacial score (nSPS) is 21.6. The number of hydrogen-bond acceptors (Lipinski definition) is 4. The minimum atomic E-state index is -1.12. The zero-order chi connectivity index (χ0) is 14.5. The number of nitrogens with one attached hydrogen (secondary N) is 2. The van der Waals surface area contributed by atoms with Crippen LogP contribution in [0.1, 0.15) is 35.6 Å². The fourth-order valence-corrected chi connectivity index (χ4v) is 3.28. The zero-order valence-corrected chi connectivity index (χ0v) is 12.0. The van der Waals surface area contributed by atoms with E-state index in [9.17, 15) is 9.59 Å². The van der Waals surface area contributed by atoms with Gasteiger partial charge in [-0.2, -0.15) is 11.8 Å². The molecule has 1 saturated carbocycles. The lowest BCUT2D eigenvalue weighted by atomic mass is 10.2. The standard InChI is InChI=1S/C13H18N2O4S/c1-20-11-4-2-3-9(11)15-13(18)14-7-8-5-6-10(19-8)12(16)17/h5-6,9,11H,2-4,7H2,1H3,(H,16,17)(H2,14,15,18). The fraction of sp³-hybridized carbons (Fsp3) is 0.538. The topological polar surface area (TPSA) is 91.6 Å². The van der Waals surface area contributed by atoms with Crippen molar-refractivity contribution in [3.8, 4) is 0 Å². The van der Waals surface area contributed by atoms with Gasteiger partial charge in [-0.25, -0.2) is 9.59 Å². The van der Waals surface area contributed by atoms with E-state index in [4.69, 9.17) is 9.52 Å². The fourth-order valence-electron chi connectivity index (χ4n) is 2.35. The Morgan fingerprint density at radius 2 is 2.25 bits per heavy atom. The molecule has 20 heavy (non-hydrogen) atoms. The minimum absolute atomic E-state index is 0.125. The number of aromatic carboxylic acids is 1. The van der Waals surface area contributed by atoms with Crippen LogP contribution < -0.4 is 10.6 Å². The summed E-state index contributed by atoms with van der Waals surface area (Å²) in [7, 11) is 0. The molecule has 0 radical (unpaired) electrons. The van der Waals surface area contributed by atoms with Gasteiger partial charge in [0.15, 0.2) is 0 Å². The highest BCUT2D eigenvalue weighted by molar-refractivity contribution is 7.99. The maximum atomic E-state index is 11.8. The molecule has 3 N–H and O–H groups in total.